The van der Waals surface area contributed by atoms with Crippen LogP contribution in [0.25, 0.3) is 5.65 Å². The van der Waals surface area contributed by atoms with Crippen LogP contribution in [0.4, 0.5) is 0 Å². The molecule has 0 amide bonds. The van der Waals surface area contributed by atoms with Gasteiger partial charge in [0.05, 0.1) is 11.4 Å². The van der Waals surface area contributed by atoms with Gasteiger partial charge in [0.2, 0.25) is 0 Å². The molecule has 116 valence electrons. The van der Waals surface area contributed by atoms with Gasteiger partial charge in [0.25, 0.3) is 0 Å². The summed E-state index contributed by atoms with van der Waals surface area (Å²) < 4.78 is 2.07. The van der Waals surface area contributed by atoms with Crippen LogP contribution in [0.2, 0.25) is 0 Å². The molecule has 3 aromatic rings. The van der Waals surface area contributed by atoms with E-state index in [1.54, 1.807) is 0 Å². The first kappa shape index (κ1) is 13.2. The minimum Gasteiger partial charge on any atom is -0.289 e. The first-order valence-corrected chi connectivity index (χ1v) is 8.28. The summed E-state index contributed by atoms with van der Waals surface area (Å²) in [5.74, 6) is 0. The van der Waals surface area contributed by atoms with Gasteiger partial charge in [-0.15, -0.1) is 0 Å². The van der Waals surface area contributed by atoms with Crippen LogP contribution in [0.15, 0.2) is 36.8 Å². The standard InChI is InChI=1S/C18H19N5/c1-12-7-18-20-10-15-16-5-4-14(8-17(15)23(18)21-12)22(16)11-13-3-2-6-19-9-13/h2-3,6-7,9-10,14,16H,4-5,8,11H2,1H3/t14-,16+/m1/s1. The van der Waals surface area contributed by atoms with E-state index < -0.39 is 0 Å². The smallest absolute Gasteiger partial charge is 0.155 e. The highest BCUT2D eigenvalue weighted by Crippen LogP contribution is 2.44. The Morgan fingerprint density at radius 3 is 3.09 bits per heavy atom. The van der Waals surface area contributed by atoms with Crippen molar-refractivity contribution in [1.82, 2.24) is 24.5 Å². The summed E-state index contributed by atoms with van der Waals surface area (Å²) in [5, 5.41) is 4.66. The van der Waals surface area contributed by atoms with Crippen molar-refractivity contribution in [2.75, 3.05) is 0 Å². The molecule has 5 heteroatoms. The fourth-order valence-corrected chi connectivity index (χ4v) is 4.25. The van der Waals surface area contributed by atoms with Crippen molar-refractivity contribution in [3.05, 3.63) is 59.3 Å². The number of nitrogens with zero attached hydrogens (tertiary/aromatic N) is 5. The van der Waals surface area contributed by atoms with E-state index in [-0.39, 0.29) is 0 Å². The van der Waals surface area contributed by atoms with Crippen LogP contribution in [0.5, 0.6) is 0 Å². The molecule has 0 radical (unpaired) electrons. The largest absolute Gasteiger partial charge is 0.289 e. The van der Waals surface area contributed by atoms with E-state index in [2.05, 4.69) is 42.8 Å². The number of rotatable bonds is 2. The summed E-state index contributed by atoms with van der Waals surface area (Å²) in [4.78, 5) is 11.5. The second-order valence-electron chi connectivity index (χ2n) is 6.70. The predicted molar refractivity (Wildman–Crippen MR) is 87.0 cm³/mol. The Kier molecular flexibility index (Phi) is 2.79. The molecule has 0 saturated carbocycles. The van der Waals surface area contributed by atoms with Crippen LogP contribution in [0.3, 0.4) is 0 Å². The van der Waals surface area contributed by atoms with Gasteiger partial charge < -0.3 is 0 Å². The van der Waals surface area contributed by atoms with Gasteiger partial charge in [-0.2, -0.15) is 5.10 Å². The molecule has 1 fully saturated rings. The topological polar surface area (TPSA) is 46.3 Å². The lowest BCUT2D eigenvalue weighted by Crippen LogP contribution is -2.38. The van der Waals surface area contributed by atoms with E-state index in [1.807, 2.05) is 25.4 Å². The summed E-state index contributed by atoms with van der Waals surface area (Å²) >= 11 is 0. The molecule has 23 heavy (non-hydrogen) atoms. The zero-order chi connectivity index (χ0) is 15.4. The SMILES string of the molecule is Cc1cc2ncc3c(n2n1)C[C@H]1CC[C@@H]3N1Cc1cccnc1. The van der Waals surface area contributed by atoms with Crippen molar-refractivity contribution in [2.24, 2.45) is 0 Å². The Balaban J connectivity index is 1.56. The molecule has 0 aromatic carbocycles. The monoisotopic (exact) mass is 305 g/mol. The van der Waals surface area contributed by atoms with Crippen LogP contribution in [0, 0.1) is 6.92 Å². The molecule has 5 heterocycles. The van der Waals surface area contributed by atoms with Gasteiger partial charge in [0, 0.05) is 55.3 Å². The van der Waals surface area contributed by atoms with E-state index in [4.69, 9.17) is 0 Å². The molecule has 1 saturated heterocycles. The Hall–Kier alpha value is -2.27. The third-order valence-electron chi connectivity index (χ3n) is 5.26. The van der Waals surface area contributed by atoms with E-state index in [1.165, 1.54) is 29.7 Å². The Bertz CT molecular complexity index is 870. The summed E-state index contributed by atoms with van der Waals surface area (Å²) in [6.07, 6.45) is 9.42. The molecule has 5 nitrogen and oxygen atoms in total. The number of fused-ring (bicyclic) bond motifs is 6. The van der Waals surface area contributed by atoms with Crippen molar-refractivity contribution in [3.8, 4) is 0 Å². The minimum absolute atomic E-state index is 0.463. The summed E-state index contributed by atoms with van der Waals surface area (Å²) in [6.45, 7) is 3.01. The quantitative estimate of drug-likeness (QED) is 0.730. The van der Waals surface area contributed by atoms with E-state index in [0.29, 0.717) is 12.1 Å². The predicted octanol–water partition coefficient (Wildman–Crippen LogP) is 2.69. The first-order valence-electron chi connectivity index (χ1n) is 8.28. The number of hydrogen-bond donors (Lipinski definition) is 0. The number of hydrogen-bond acceptors (Lipinski definition) is 4. The molecule has 2 aliphatic rings. The third-order valence-corrected chi connectivity index (χ3v) is 5.26. The normalized spacial score (nSPS) is 23.3. The lowest BCUT2D eigenvalue weighted by atomic mass is 9.98. The fourth-order valence-electron chi connectivity index (χ4n) is 4.25. The zero-order valence-corrected chi connectivity index (χ0v) is 13.2. The average molecular weight is 305 g/mol. The second-order valence-corrected chi connectivity index (χ2v) is 6.70. The lowest BCUT2D eigenvalue weighted by molar-refractivity contribution is 0.165. The molecular formula is C18H19N5. The lowest BCUT2D eigenvalue weighted by Gasteiger charge is -2.36. The Morgan fingerprint density at radius 1 is 1.26 bits per heavy atom. The van der Waals surface area contributed by atoms with Crippen molar-refractivity contribution in [3.63, 3.8) is 0 Å². The molecule has 0 unspecified atom stereocenters. The Morgan fingerprint density at radius 2 is 2.22 bits per heavy atom. The molecule has 2 aliphatic heterocycles. The van der Waals surface area contributed by atoms with Gasteiger partial charge in [-0.25, -0.2) is 9.50 Å². The summed E-state index contributed by atoms with van der Waals surface area (Å²) in [5.41, 5.74) is 6.02. The van der Waals surface area contributed by atoms with Gasteiger partial charge in [-0.05, 0) is 31.4 Å². The van der Waals surface area contributed by atoms with Crippen molar-refractivity contribution in [1.29, 1.82) is 0 Å². The highest BCUT2D eigenvalue weighted by atomic mass is 15.3. The maximum atomic E-state index is 4.66. The fraction of sp³-hybridized carbons (Fsp3) is 0.389. The van der Waals surface area contributed by atoms with Crippen LogP contribution in [-0.4, -0.2) is 30.5 Å². The molecule has 2 bridgehead atoms. The highest BCUT2D eigenvalue weighted by molar-refractivity contribution is 5.44. The van der Waals surface area contributed by atoms with E-state index in [9.17, 15) is 0 Å². The van der Waals surface area contributed by atoms with Crippen molar-refractivity contribution < 1.29 is 0 Å². The van der Waals surface area contributed by atoms with E-state index in [0.717, 1.165) is 24.3 Å². The number of aryl methyl sites for hydroxylation is 1. The van der Waals surface area contributed by atoms with Crippen LogP contribution in [-0.2, 0) is 13.0 Å². The third kappa shape index (κ3) is 2.00. The zero-order valence-electron chi connectivity index (χ0n) is 13.2. The molecule has 2 atom stereocenters. The van der Waals surface area contributed by atoms with Gasteiger partial charge in [-0.1, -0.05) is 6.07 Å². The summed E-state index contributed by atoms with van der Waals surface area (Å²) in [6, 6.07) is 7.31. The second kappa shape index (κ2) is 4.86. The number of pyridine rings is 1. The van der Waals surface area contributed by atoms with Crippen LogP contribution >= 0.6 is 0 Å². The minimum atomic E-state index is 0.463. The first-order chi connectivity index (χ1) is 11.3. The average Bonchev–Trinajstić information content (AvgIpc) is 3.07. The Labute approximate surface area is 135 Å². The molecule has 5 rings (SSSR count). The molecular weight excluding hydrogens is 286 g/mol. The molecule has 3 aromatic heterocycles. The van der Waals surface area contributed by atoms with Crippen molar-refractivity contribution >= 4 is 5.65 Å². The van der Waals surface area contributed by atoms with Crippen LogP contribution in [0.1, 0.15) is 41.4 Å². The summed E-state index contributed by atoms with van der Waals surface area (Å²) in [7, 11) is 0. The van der Waals surface area contributed by atoms with Gasteiger partial charge in [-0.3, -0.25) is 9.88 Å². The maximum Gasteiger partial charge on any atom is 0.155 e. The number of aromatic nitrogens is 4. The maximum absolute atomic E-state index is 4.66. The van der Waals surface area contributed by atoms with Gasteiger partial charge >= 0.3 is 0 Å². The van der Waals surface area contributed by atoms with Gasteiger partial charge in [0.1, 0.15) is 0 Å². The van der Waals surface area contributed by atoms with Crippen LogP contribution < -0.4 is 0 Å². The van der Waals surface area contributed by atoms with Crippen molar-refractivity contribution in [2.45, 2.75) is 44.8 Å². The molecule has 0 aliphatic carbocycles. The van der Waals surface area contributed by atoms with Gasteiger partial charge in [0.15, 0.2) is 5.65 Å². The molecule has 0 N–H and O–H groups in total. The highest BCUT2D eigenvalue weighted by Gasteiger charge is 2.41. The van der Waals surface area contributed by atoms with E-state index >= 15 is 0 Å². The molecule has 0 spiro atoms.